The Morgan fingerprint density at radius 1 is 1.44 bits per heavy atom. The summed E-state index contributed by atoms with van der Waals surface area (Å²) in [5, 5.41) is 3.23. The molecule has 2 N–H and O–H groups in total. The highest BCUT2D eigenvalue weighted by atomic mass is 32.7. The Hall–Kier alpha value is -1.45. The van der Waals surface area contributed by atoms with Crippen LogP contribution in [0.1, 0.15) is 66.5 Å². The molecule has 11 heteroatoms. The molecular weight excluding hydrogens is 495 g/mol. The summed E-state index contributed by atoms with van der Waals surface area (Å²) in [6.45, 7) is 17.4. The maximum Gasteiger partial charge on any atom is 0.280 e. The van der Waals surface area contributed by atoms with E-state index in [-0.39, 0.29) is 28.7 Å². The number of nitrogens with one attached hydrogen (secondary N) is 2. The van der Waals surface area contributed by atoms with Crippen molar-refractivity contribution in [3.63, 3.8) is 0 Å². The number of aromatic nitrogens is 4. The van der Waals surface area contributed by atoms with Crippen LogP contribution in [0.5, 0.6) is 0 Å². The second-order valence-corrected chi connectivity index (χ2v) is 14.9. The molecule has 4 heterocycles. The topological polar surface area (TPSA) is 97.3 Å². The largest absolute Gasteiger partial charge is 0.355 e. The summed E-state index contributed by atoms with van der Waals surface area (Å²) >= 11 is 2.02. The first-order chi connectivity index (χ1) is 17.2. The normalized spacial score (nSPS) is 33.2. The number of hydrogen-bond acceptors (Lipinski definition) is 8. The molecule has 36 heavy (non-hydrogen) atoms. The molecule has 0 bridgehead atoms. The lowest BCUT2D eigenvalue weighted by molar-refractivity contribution is -0.101. The molecule has 3 aliphatic rings. The zero-order valence-corrected chi connectivity index (χ0v) is 23.7. The lowest BCUT2D eigenvalue weighted by atomic mass is 9.77. The highest BCUT2D eigenvalue weighted by molar-refractivity contribution is 8.54. The standard InChI is InChI=1S/C25H39N6O3PS/c1-7-18-12-30(35-34-19-10-17(16(4)5)8-9-25(19,6)36-35)13-20(33-18)31-14-27-21-22(31)28-24(29-23(21)32)26-11-15(2)3/h14-15,17-20H,4,7-13H2,1-3,5-6H3,(H2,26,28,29,32)/t17-,18+,19+,20+,25+,35-/m0/s1. The van der Waals surface area contributed by atoms with Crippen molar-refractivity contribution >= 4 is 36.0 Å². The molecule has 198 valence electrons. The Kier molecular flexibility index (Phi) is 7.54. The SMILES string of the molecule is C=C(C)[C@H]1CC[C@@]2(C)S[P@@](N3C[C@@H](CC)O[C@@H](n4cnc5c(=O)[nH]c(NCC(C)C)nc54)C3)O[C@@H]2C1. The molecule has 0 radical (unpaired) electrons. The third-order valence-corrected chi connectivity index (χ3v) is 12.5. The molecule has 2 aromatic rings. The monoisotopic (exact) mass is 534 g/mol. The molecule has 2 aromatic heterocycles. The van der Waals surface area contributed by atoms with Crippen molar-refractivity contribution in [2.24, 2.45) is 11.8 Å². The van der Waals surface area contributed by atoms with Gasteiger partial charge in [-0.05, 0) is 51.4 Å². The molecular formula is C25H39N6O3PS. The highest BCUT2D eigenvalue weighted by Crippen LogP contribution is 2.71. The lowest BCUT2D eigenvalue weighted by Gasteiger charge is -2.39. The van der Waals surface area contributed by atoms with Crippen molar-refractivity contribution in [2.45, 2.75) is 83.5 Å². The minimum Gasteiger partial charge on any atom is -0.355 e. The molecule has 0 spiro atoms. The van der Waals surface area contributed by atoms with Crippen LogP contribution in [-0.2, 0) is 9.26 Å². The second-order valence-electron chi connectivity index (χ2n) is 11.1. The highest BCUT2D eigenvalue weighted by Gasteiger charge is 2.52. The quantitative estimate of drug-likeness (QED) is 0.365. The van der Waals surface area contributed by atoms with Crippen molar-refractivity contribution in [3.8, 4) is 0 Å². The predicted molar refractivity (Wildman–Crippen MR) is 147 cm³/mol. The first-order valence-corrected chi connectivity index (χ1v) is 15.7. The van der Waals surface area contributed by atoms with E-state index in [1.807, 2.05) is 15.9 Å². The van der Waals surface area contributed by atoms with Crippen LogP contribution in [0.3, 0.4) is 0 Å². The molecule has 6 atom stereocenters. The van der Waals surface area contributed by atoms with Crippen LogP contribution in [0.25, 0.3) is 11.2 Å². The molecule has 2 saturated heterocycles. The predicted octanol–water partition coefficient (Wildman–Crippen LogP) is 5.29. The van der Waals surface area contributed by atoms with E-state index in [0.29, 0.717) is 35.5 Å². The van der Waals surface area contributed by atoms with Gasteiger partial charge < -0.3 is 14.6 Å². The van der Waals surface area contributed by atoms with E-state index in [4.69, 9.17) is 14.2 Å². The smallest absolute Gasteiger partial charge is 0.280 e. The Labute approximate surface area is 218 Å². The summed E-state index contributed by atoms with van der Waals surface area (Å²) in [6, 6.07) is 0. The first kappa shape index (κ1) is 26.2. The van der Waals surface area contributed by atoms with E-state index in [1.54, 1.807) is 6.33 Å². The summed E-state index contributed by atoms with van der Waals surface area (Å²) in [6.07, 6.45) is 6.06. The van der Waals surface area contributed by atoms with Crippen molar-refractivity contribution in [1.29, 1.82) is 0 Å². The molecule has 0 unspecified atom stereocenters. The van der Waals surface area contributed by atoms with Crippen LogP contribution in [0.15, 0.2) is 23.3 Å². The first-order valence-electron chi connectivity index (χ1n) is 13.1. The van der Waals surface area contributed by atoms with E-state index in [9.17, 15) is 4.79 Å². The van der Waals surface area contributed by atoms with Gasteiger partial charge in [0.05, 0.1) is 25.1 Å². The number of H-pyrrole nitrogens is 1. The zero-order valence-electron chi connectivity index (χ0n) is 22.0. The molecule has 0 amide bonds. The number of nitrogens with zero attached hydrogens (tertiary/aromatic N) is 4. The number of fused-ring (bicyclic) bond motifs is 2. The van der Waals surface area contributed by atoms with Gasteiger partial charge in [-0.1, -0.05) is 44.3 Å². The van der Waals surface area contributed by atoms with Gasteiger partial charge >= 0.3 is 0 Å². The zero-order chi connectivity index (χ0) is 25.6. The fourth-order valence-corrected chi connectivity index (χ4v) is 10.4. The van der Waals surface area contributed by atoms with Crippen molar-refractivity contribution in [2.75, 3.05) is 25.0 Å². The van der Waals surface area contributed by atoms with Crippen LogP contribution in [0.2, 0.25) is 0 Å². The van der Waals surface area contributed by atoms with Crippen LogP contribution < -0.4 is 10.9 Å². The van der Waals surface area contributed by atoms with Crippen LogP contribution >= 0.6 is 18.9 Å². The molecule has 5 rings (SSSR count). The fraction of sp³-hybridized carbons (Fsp3) is 0.720. The number of anilines is 1. The summed E-state index contributed by atoms with van der Waals surface area (Å²) in [7, 11) is -0.798. The Morgan fingerprint density at radius 3 is 2.97 bits per heavy atom. The van der Waals surface area contributed by atoms with Gasteiger partial charge in [0.15, 0.2) is 18.7 Å². The van der Waals surface area contributed by atoms with Gasteiger partial charge in [-0.3, -0.25) is 14.3 Å². The van der Waals surface area contributed by atoms with Gasteiger partial charge in [0, 0.05) is 17.8 Å². The third-order valence-electron chi connectivity index (χ3n) is 7.61. The summed E-state index contributed by atoms with van der Waals surface area (Å²) in [5.41, 5.74) is 1.91. The van der Waals surface area contributed by atoms with Gasteiger partial charge in [0.1, 0.15) is 6.23 Å². The molecule has 3 fully saturated rings. The van der Waals surface area contributed by atoms with E-state index in [1.165, 1.54) is 12.0 Å². The van der Waals surface area contributed by atoms with Gasteiger partial charge in [-0.25, -0.2) is 9.65 Å². The third kappa shape index (κ3) is 5.12. The average molecular weight is 535 g/mol. The van der Waals surface area contributed by atoms with E-state index < -0.39 is 7.50 Å². The van der Waals surface area contributed by atoms with Gasteiger partial charge in [0.25, 0.3) is 5.56 Å². The second kappa shape index (κ2) is 10.4. The minimum absolute atomic E-state index is 0.0760. The Balaban J connectivity index is 1.38. The number of imidazole rings is 1. The molecule has 1 aliphatic carbocycles. The van der Waals surface area contributed by atoms with Gasteiger partial charge in [-0.15, -0.1) is 0 Å². The van der Waals surface area contributed by atoms with Crippen LogP contribution in [0.4, 0.5) is 5.95 Å². The maximum atomic E-state index is 12.7. The fourth-order valence-electron chi connectivity index (χ4n) is 5.22. The van der Waals surface area contributed by atoms with Crippen LogP contribution in [0, 0.1) is 11.8 Å². The van der Waals surface area contributed by atoms with Gasteiger partial charge in [0.2, 0.25) is 5.95 Å². The molecule has 2 aliphatic heterocycles. The lowest BCUT2D eigenvalue weighted by Crippen LogP contribution is -2.42. The minimum atomic E-state index is -0.798. The Morgan fingerprint density at radius 2 is 2.25 bits per heavy atom. The van der Waals surface area contributed by atoms with E-state index >= 15 is 0 Å². The number of aromatic amines is 1. The number of hydrogen-bond donors (Lipinski definition) is 2. The number of morpholine rings is 1. The number of ether oxygens (including phenoxy) is 1. The Bertz CT molecular complexity index is 1170. The summed E-state index contributed by atoms with van der Waals surface area (Å²) in [5.74, 6) is 1.45. The van der Waals surface area contributed by atoms with Crippen molar-refractivity contribution in [3.05, 3.63) is 28.8 Å². The van der Waals surface area contributed by atoms with Crippen molar-refractivity contribution < 1.29 is 9.26 Å². The molecule has 1 saturated carbocycles. The summed E-state index contributed by atoms with van der Waals surface area (Å²) < 4.78 is 17.8. The van der Waals surface area contributed by atoms with Gasteiger partial charge in [-0.2, -0.15) is 4.98 Å². The van der Waals surface area contributed by atoms with Crippen LogP contribution in [-0.4, -0.2) is 60.8 Å². The molecule has 9 nitrogen and oxygen atoms in total. The van der Waals surface area contributed by atoms with E-state index in [0.717, 1.165) is 32.4 Å². The molecule has 0 aromatic carbocycles. The van der Waals surface area contributed by atoms with E-state index in [2.05, 4.69) is 61.2 Å². The maximum absolute atomic E-state index is 12.7. The average Bonchev–Trinajstić information content (AvgIpc) is 3.43. The van der Waals surface area contributed by atoms with Crippen molar-refractivity contribution in [1.82, 2.24) is 24.2 Å². The summed E-state index contributed by atoms with van der Waals surface area (Å²) in [4.78, 5) is 24.6. The number of allylic oxidation sites excluding steroid dienone is 1. The number of rotatable bonds is 7.